The molecular weight excluding hydrogens is 370 g/mol. The third kappa shape index (κ3) is 2.31. The van der Waals surface area contributed by atoms with Gasteiger partial charge in [-0.3, -0.25) is 0 Å². The van der Waals surface area contributed by atoms with Crippen molar-refractivity contribution in [3.05, 3.63) is 44.4 Å². The second-order valence-electron chi connectivity index (χ2n) is 4.89. The van der Waals surface area contributed by atoms with E-state index in [2.05, 4.69) is 10.6 Å². The van der Waals surface area contributed by atoms with Crippen molar-refractivity contribution in [2.75, 3.05) is 10.6 Å². The van der Waals surface area contributed by atoms with Crippen LogP contribution in [0.15, 0.2) is 24.3 Å². The lowest BCUT2D eigenvalue weighted by Crippen LogP contribution is -2.41. The number of anilines is 2. The highest BCUT2D eigenvalue weighted by Crippen LogP contribution is 2.45. The van der Waals surface area contributed by atoms with Crippen molar-refractivity contribution in [1.82, 2.24) is 0 Å². The Kier molecular flexibility index (Phi) is 3.38. The first-order valence-electron chi connectivity index (χ1n) is 6.36. The highest BCUT2D eigenvalue weighted by atomic mass is 35.5. The Labute approximate surface area is 146 Å². The summed E-state index contributed by atoms with van der Waals surface area (Å²) >= 11 is 24.2. The molecule has 2 aliphatic rings. The zero-order valence-corrected chi connectivity index (χ0v) is 13.8. The molecule has 0 aromatic heterocycles. The summed E-state index contributed by atoms with van der Waals surface area (Å²) in [6.45, 7) is 0. The maximum absolute atomic E-state index is 6.13. The molecule has 0 aliphatic carbocycles. The van der Waals surface area contributed by atoms with Gasteiger partial charge < -0.3 is 20.1 Å². The third-order valence-corrected chi connectivity index (χ3v) is 4.37. The summed E-state index contributed by atoms with van der Waals surface area (Å²) in [5.41, 5.74) is 1.43. The molecule has 2 aliphatic heterocycles. The van der Waals surface area contributed by atoms with Crippen molar-refractivity contribution in [2.45, 2.75) is 12.5 Å². The van der Waals surface area contributed by atoms with Crippen LogP contribution in [0.1, 0.15) is 0 Å². The van der Waals surface area contributed by atoms with Crippen molar-refractivity contribution in [3.8, 4) is 11.5 Å². The van der Waals surface area contributed by atoms with Crippen LogP contribution in [0.3, 0.4) is 0 Å². The molecule has 0 saturated carbocycles. The molecule has 8 heteroatoms. The van der Waals surface area contributed by atoms with Crippen LogP contribution >= 0.6 is 46.4 Å². The Morgan fingerprint density at radius 1 is 0.682 bits per heavy atom. The minimum absolute atomic E-state index is 0.439. The van der Waals surface area contributed by atoms with E-state index in [1.165, 1.54) is 0 Å². The molecule has 4 nitrogen and oxygen atoms in total. The molecule has 22 heavy (non-hydrogen) atoms. The van der Waals surface area contributed by atoms with E-state index in [1.807, 2.05) is 0 Å². The first kappa shape index (κ1) is 14.4. The lowest BCUT2D eigenvalue weighted by Gasteiger charge is -2.19. The van der Waals surface area contributed by atoms with Crippen molar-refractivity contribution in [2.24, 2.45) is 0 Å². The summed E-state index contributed by atoms with van der Waals surface area (Å²) in [7, 11) is 0. The van der Waals surface area contributed by atoms with Crippen LogP contribution in [0.2, 0.25) is 20.1 Å². The van der Waals surface area contributed by atoms with E-state index < -0.39 is 12.5 Å². The Hall–Kier alpha value is -1.20. The van der Waals surface area contributed by atoms with Crippen molar-refractivity contribution >= 4 is 57.8 Å². The van der Waals surface area contributed by atoms with Crippen LogP contribution in [0.4, 0.5) is 11.4 Å². The normalized spacial score (nSPS) is 21.3. The van der Waals surface area contributed by atoms with Gasteiger partial charge in [-0.15, -0.1) is 0 Å². The number of ether oxygens (including phenoxy) is 2. The molecule has 2 heterocycles. The summed E-state index contributed by atoms with van der Waals surface area (Å²) in [6, 6.07) is 6.74. The van der Waals surface area contributed by atoms with E-state index in [4.69, 9.17) is 55.9 Å². The second kappa shape index (κ2) is 5.17. The molecule has 2 unspecified atom stereocenters. The molecule has 0 bridgehead atoms. The van der Waals surface area contributed by atoms with Gasteiger partial charge in [-0.25, -0.2) is 0 Å². The highest BCUT2D eigenvalue weighted by molar-refractivity contribution is 6.37. The molecule has 114 valence electrons. The Morgan fingerprint density at radius 2 is 1.09 bits per heavy atom. The summed E-state index contributed by atoms with van der Waals surface area (Å²) in [5.74, 6) is 1.09. The van der Waals surface area contributed by atoms with Gasteiger partial charge in [0.15, 0.2) is 11.5 Å². The molecule has 2 N–H and O–H groups in total. The Morgan fingerprint density at radius 3 is 1.50 bits per heavy atom. The SMILES string of the molecule is Clc1cc(Cl)c2c(c1)NC(C1Nc3cc(Cl)cc(Cl)c3O1)O2. The van der Waals surface area contributed by atoms with Crippen molar-refractivity contribution in [3.63, 3.8) is 0 Å². The summed E-state index contributed by atoms with van der Waals surface area (Å²) in [6.07, 6.45) is -0.957. The van der Waals surface area contributed by atoms with E-state index in [0.717, 1.165) is 0 Å². The quantitative estimate of drug-likeness (QED) is 0.711. The van der Waals surface area contributed by atoms with Gasteiger partial charge in [0.2, 0.25) is 12.5 Å². The fourth-order valence-electron chi connectivity index (χ4n) is 2.47. The van der Waals surface area contributed by atoms with Gasteiger partial charge in [0.1, 0.15) is 0 Å². The van der Waals surface area contributed by atoms with Gasteiger partial charge >= 0.3 is 0 Å². The van der Waals surface area contributed by atoms with Crippen LogP contribution < -0.4 is 20.1 Å². The number of nitrogens with one attached hydrogen (secondary N) is 2. The Balaban J connectivity index is 1.59. The van der Waals surface area contributed by atoms with E-state index >= 15 is 0 Å². The molecule has 2 aromatic rings. The number of halogens is 4. The number of rotatable bonds is 1. The van der Waals surface area contributed by atoms with Gasteiger partial charge in [0.05, 0.1) is 21.4 Å². The smallest absolute Gasteiger partial charge is 0.226 e. The number of benzene rings is 2. The van der Waals surface area contributed by atoms with Crippen LogP contribution in [0, 0.1) is 0 Å². The molecule has 0 spiro atoms. The van der Waals surface area contributed by atoms with Crippen molar-refractivity contribution in [1.29, 1.82) is 0 Å². The highest BCUT2D eigenvalue weighted by Gasteiger charge is 2.37. The van der Waals surface area contributed by atoms with E-state index in [9.17, 15) is 0 Å². The standard InChI is InChI=1S/C14H8Cl4N2O2/c15-5-1-7(17)11-9(3-5)19-13(21-11)14-20-10-4-6(16)2-8(18)12(10)22-14/h1-4,13-14,19-20H. The lowest BCUT2D eigenvalue weighted by molar-refractivity contribution is 0.113. The van der Waals surface area contributed by atoms with E-state index in [-0.39, 0.29) is 0 Å². The minimum atomic E-state index is -0.479. The number of fused-ring (bicyclic) bond motifs is 2. The first-order chi connectivity index (χ1) is 10.5. The van der Waals surface area contributed by atoms with Gasteiger partial charge in [-0.1, -0.05) is 46.4 Å². The minimum Gasteiger partial charge on any atom is -0.461 e. The predicted octanol–water partition coefficient (Wildman–Crippen LogP) is 5.26. The van der Waals surface area contributed by atoms with Crippen LogP contribution in [-0.2, 0) is 0 Å². The van der Waals surface area contributed by atoms with Crippen LogP contribution in [0.25, 0.3) is 0 Å². The second-order valence-corrected chi connectivity index (χ2v) is 6.58. The molecule has 2 atom stereocenters. The van der Waals surface area contributed by atoms with Gasteiger partial charge in [0, 0.05) is 10.0 Å². The molecule has 0 amide bonds. The number of hydrogen-bond donors (Lipinski definition) is 2. The van der Waals surface area contributed by atoms with Gasteiger partial charge in [-0.05, 0) is 24.3 Å². The summed E-state index contributed by atoms with van der Waals surface area (Å²) in [5, 5.41) is 8.28. The average molecular weight is 378 g/mol. The maximum Gasteiger partial charge on any atom is 0.226 e. The third-order valence-electron chi connectivity index (χ3n) is 3.38. The molecule has 0 radical (unpaired) electrons. The van der Waals surface area contributed by atoms with Crippen LogP contribution in [-0.4, -0.2) is 12.5 Å². The monoisotopic (exact) mass is 376 g/mol. The zero-order chi connectivity index (χ0) is 15.4. The summed E-state index contributed by atoms with van der Waals surface area (Å²) < 4.78 is 11.6. The van der Waals surface area contributed by atoms with E-state index in [1.54, 1.807) is 24.3 Å². The average Bonchev–Trinajstić information content (AvgIpc) is 3.01. The molecular formula is C14H8Cl4N2O2. The van der Waals surface area contributed by atoms with Gasteiger partial charge in [0.25, 0.3) is 0 Å². The molecule has 2 aromatic carbocycles. The molecule has 0 saturated heterocycles. The fraction of sp³-hybridized carbons (Fsp3) is 0.143. The Bertz CT molecular complexity index is 718. The zero-order valence-electron chi connectivity index (χ0n) is 10.8. The predicted molar refractivity (Wildman–Crippen MR) is 89.0 cm³/mol. The first-order valence-corrected chi connectivity index (χ1v) is 7.87. The van der Waals surface area contributed by atoms with Gasteiger partial charge in [-0.2, -0.15) is 0 Å². The number of hydrogen-bond acceptors (Lipinski definition) is 4. The van der Waals surface area contributed by atoms with Crippen LogP contribution in [0.5, 0.6) is 11.5 Å². The summed E-state index contributed by atoms with van der Waals surface area (Å²) in [4.78, 5) is 0. The lowest BCUT2D eigenvalue weighted by atomic mass is 10.3. The maximum atomic E-state index is 6.13. The molecule has 4 rings (SSSR count). The van der Waals surface area contributed by atoms with E-state index in [0.29, 0.717) is 43.0 Å². The largest absolute Gasteiger partial charge is 0.461 e. The topological polar surface area (TPSA) is 42.5 Å². The molecule has 0 fully saturated rings. The fourth-order valence-corrected chi connectivity index (χ4v) is 3.54. The van der Waals surface area contributed by atoms with Crippen molar-refractivity contribution < 1.29 is 9.47 Å².